The molecule has 0 aromatic heterocycles. The molecular formula is C18H12F5NO4. The molecule has 2 aromatic carbocycles. The Labute approximate surface area is 155 Å². The predicted molar refractivity (Wildman–Crippen MR) is 86.8 cm³/mol. The van der Waals surface area contributed by atoms with E-state index in [1.807, 2.05) is 0 Å². The van der Waals surface area contributed by atoms with E-state index < -0.39 is 41.0 Å². The van der Waals surface area contributed by atoms with Crippen molar-refractivity contribution in [3.8, 4) is 29.1 Å². The SMILES string of the molecule is NC(=O)c1c(F)ccc(OCC#CCOc2ccc(OC(F)(F)F)cc2)c1F. The lowest BCUT2D eigenvalue weighted by atomic mass is 10.2. The van der Waals surface area contributed by atoms with Gasteiger partial charge in [-0.25, -0.2) is 8.78 Å². The van der Waals surface area contributed by atoms with Crippen LogP contribution in [-0.2, 0) is 0 Å². The molecule has 1 amide bonds. The van der Waals surface area contributed by atoms with Gasteiger partial charge in [0.05, 0.1) is 0 Å². The largest absolute Gasteiger partial charge is 0.573 e. The summed E-state index contributed by atoms with van der Waals surface area (Å²) in [5.41, 5.74) is 3.98. The van der Waals surface area contributed by atoms with E-state index in [0.29, 0.717) is 0 Å². The van der Waals surface area contributed by atoms with Gasteiger partial charge in [0.1, 0.15) is 36.1 Å². The van der Waals surface area contributed by atoms with Crippen LogP contribution in [-0.4, -0.2) is 25.5 Å². The van der Waals surface area contributed by atoms with E-state index in [2.05, 4.69) is 16.6 Å². The van der Waals surface area contributed by atoms with Crippen molar-refractivity contribution in [1.82, 2.24) is 0 Å². The minimum Gasteiger partial charge on any atom is -0.481 e. The van der Waals surface area contributed by atoms with Crippen molar-refractivity contribution < 1.29 is 41.0 Å². The molecule has 0 saturated heterocycles. The molecule has 28 heavy (non-hydrogen) atoms. The highest BCUT2D eigenvalue weighted by molar-refractivity contribution is 5.93. The second-order valence-electron chi connectivity index (χ2n) is 5.05. The minimum absolute atomic E-state index is 0.124. The summed E-state index contributed by atoms with van der Waals surface area (Å²) in [6, 6.07) is 6.50. The molecule has 0 spiro atoms. The summed E-state index contributed by atoms with van der Waals surface area (Å²) < 4.78 is 77.3. The van der Waals surface area contributed by atoms with Gasteiger partial charge in [-0.3, -0.25) is 4.79 Å². The molecule has 0 heterocycles. The summed E-state index contributed by atoms with van der Waals surface area (Å²) in [7, 11) is 0. The van der Waals surface area contributed by atoms with Gasteiger partial charge in [0, 0.05) is 0 Å². The normalized spacial score (nSPS) is 10.6. The maximum absolute atomic E-state index is 13.9. The lowest BCUT2D eigenvalue weighted by Crippen LogP contribution is -2.16. The summed E-state index contributed by atoms with van der Waals surface area (Å²) in [5, 5.41) is 0. The van der Waals surface area contributed by atoms with E-state index in [-0.39, 0.29) is 19.0 Å². The highest BCUT2D eigenvalue weighted by Gasteiger charge is 2.30. The van der Waals surface area contributed by atoms with Gasteiger partial charge in [0.2, 0.25) is 0 Å². The zero-order valence-electron chi connectivity index (χ0n) is 14.0. The Balaban J connectivity index is 1.83. The highest BCUT2D eigenvalue weighted by Crippen LogP contribution is 2.25. The van der Waals surface area contributed by atoms with Crippen molar-refractivity contribution in [2.45, 2.75) is 6.36 Å². The third-order valence-electron chi connectivity index (χ3n) is 3.10. The number of hydrogen-bond acceptors (Lipinski definition) is 4. The van der Waals surface area contributed by atoms with Crippen LogP contribution in [0.3, 0.4) is 0 Å². The third-order valence-corrected chi connectivity index (χ3v) is 3.10. The molecule has 0 unspecified atom stereocenters. The monoisotopic (exact) mass is 401 g/mol. The number of alkyl halides is 3. The van der Waals surface area contributed by atoms with Gasteiger partial charge in [-0.1, -0.05) is 11.8 Å². The van der Waals surface area contributed by atoms with Crippen molar-refractivity contribution >= 4 is 5.91 Å². The van der Waals surface area contributed by atoms with Gasteiger partial charge in [-0.15, -0.1) is 13.2 Å². The molecule has 0 fully saturated rings. The first-order chi connectivity index (χ1) is 13.2. The van der Waals surface area contributed by atoms with Gasteiger partial charge in [-0.2, -0.15) is 0 Å². The Morgan fingerprint density at radius 1 is 0.929 bits per heavy atom. The predicted octanol–water partition coefficient (Wildman–Crippen LogP) is 3.42. The van der Waals surface area contributed by atoms with E-state index in [0.717, 1.165) is 24.3 Å². The van der Waals surface area contributed by atoms with E-state index in [1.54, 1.807) is 0 Å². The van der Waals surface area contributed by atoms with Crippen molar-refractivity contribution in [1.29, 1.82) is 0 Å². The van der Waals surface area contributed by atoms with Gasteiger partial charge < -0.3 is 19.9 Å². The maximum atomic E-state index is 13.9. The first kappa shape index (κ1) is 20.8. The second-order valence-corrected chi connectivity index (χ2v) is 5.05. The van der Waals surface area contributed by atoms with Gasteiger partial charge in [-0.05, 0) is 36.4 Å². The Kier molecular flexibility index (Phi) is 6.65. The number of carbonyl (C=O) groups excluding carboxylic acids is 1. The summed E-state index contributed by atoms with van der Waals surface area (Å²) in [5.74, 6) is 0.869. The molecule has 10 heteroatoms. The van der Waals surface area contributed by atoms with Gasteiger partial charge in [0.15, 0.2) is 11.6 Å². The summed E-state index contributed by atoms with van der Waals surface area (Å²) >= 11 is 0. The molecular weight excluding hydrogens is 389 g/mol. The fourth-order valence-corrected chi connectivity index (χ4v) is 1.94. The number of amides is 1. The van der Waals surface area contributed by atoms with E-state index in [1.165, 1.54) is 12.1 Å². The molecule has 2 aromatic rings. The van der Waals surface area contributed by atoms with E-state index in [4.69, 9.17) is 15.2 Å². The van der Waals surface area contributed by atoms with Gasteiger partial charge in [0.25, 0.3) is 5.91 Å². The first-order valence-corrected chi connectivity index (χ1v) is 7.52. The number of benzene rings is 2. The quantitative estimate of drug-likeness (QED) is 0.595. The van der Waals surface area contributed by atoms with Crippen LogP contribution in [0.1, 0.15) is 10.4 Å². The lowest BCUT2D eigenvalue weighted by molar-refractivity contribution is -0.274. The molecule has 148 valence electrons. The zero-order valence-corrected chi connectivity index (χ0v) is 14.0. The average molecular weight is 401 g/mol. The lowest BCUT2D eigenvalue weighted by Gasteiger charge is -2.09. The number of rotatable bonds is 6. The fourth-order valence-electron chi connectivity index (χ4n) is 1.94. The Bertz CT molecular complexity index is 901. The number of hydrogen-bond donors (Lipinski definition) is 1. The smallest absolute Gasteiger partial charge is 0.481 e. The van der Waals surface area contributed by atoms with E-state index in [9.17, 15) is 26.7 Å². The summed E-state index contributed by atoms with van der Waals surface area (Å²) in [6.45, 7) is -0.413. The topological polar surface area (TPSA) is 70.8 Å². The Morgan fingerprint density at radius 3 is 2.07 bits per heavy atom. The maximum Gasteiger partial charge on any atom is 0.573 e. The van der Waals surface area contributed by atoms with Crippen LogP contribution in [0, 0.1) is 23.5 Å². The van der Waals surface area contributed by atoms with Crippen molar-refractivity contribution in [2.24, 2.45) is 5.73 Å². The molecule has 5 nitrogen and oxygen atoms in total. The molecule has 2 N–H and O–H groups in total. The second kappa shape index (κ2) is 8.94. The third kappa shape index (κ3) is 6.05. The number of primary amides is 1. The molecule has 0 aliphatic heterocycles. The standard InChI is InChI=1S/C18H12F5NO4/c19-13-7-8-14(16(20)15(13)17(24)25)27-10-2-1-9-26-11-3-5-12(6-4-11)28-18(21,22)23/h3-8H,9-10H2,(H2,24,25). The van der Waals surface area contributed by atoms with Crippen molar-refractivity contribution in [3.05, 3.63) is 53.6 Å². The molecule has 0 aliphatic carbocycles. The number of carbonyl (C=O) groups is 1. The average Bonchev–Trinajstić information content (AvgIpc) is 2.59. The van der Waals surface area contributed by atoms with Crippen molar-refractivity contribution in [2.75, 3.05) is 13.2 Å². The summed E-state index contributed by atoms with van der Waals surface area (Å²) in [6.07, 6.45) is -4.78. The van der Waals surface area contributed by atoms with Gasteiger partial charge >= 0.3 is 6.36 Å². The number of halogens is 5. The van der Waals surface area contributed by atoms with Crippen LogP contribution in [0.4, 0.5) is 22.0 Å². The van der Waals surface area contributed by atoms with Crippen LogP contribution in [0.5, 0.6) is 17.2 Å². The number of ether oxygens (including phenoxy) is 3. The van der Waals surface area contributed by atoms with Crippen LogP contribution >= 0.6 is 0 Å². The van der Waals surface area contributed by atoms with Crippen LogP contribution in [0.2, 0.25) is 0 Å². The molecule has 0 bridgehead atoms. The van der Waals surface area contributed by atoms with Crippen LogP contribution in [0.15, 0.2) is 36.4 Å². The van der Waals surface area contributed by atoms with Crippen LogP contribution < -0.4 is 19.9 Å². The van der Waals surface area contributed by atoms with E-state index >= 15 is 0 Å². The Morgan fingerprint density at radius 2 is 1.50 bits per heavy atom. The first-order valence-electron chi connectivity index (χ1n) is 7.52. The number of nitrogens with two attached hydrogens (primary N) is 1. The molecule has 0 radical (unpaired) electrons. The van der Waals surface area contributed by atoms with Crippen LogP contribution in [0.25, 0.3) is 0 Å². The Hall–Kier alpha value is -3.48. The molecule has 0 saturated carbocycles. The molecule has 0 aliphatic rings. The molecule has 0 atom stereocenters. The minimum atomic E-state index is -4.78. The summed E-state index contributed by atoms with van der Waals surface area (Å²) in [4.78, 5) is 11.0. The zero-order chi connectivity index (χ0) is 20.7. The molecule has 2 rings (SSSR count). The van der Waals surface area contributed by atoms with Crippen molar-refractivity contribution in [3.63, 3.8) is 0 Å². The fraction of sp³-hybridized carbons (Fsp3) is 0.167. The highest BCUT2D eigenvalue weighted by atomic mass is 19.4.